The van der Waals surface area contributed by atoms with E-state index in [0.717, 1.165) is 11.3 Å². The molecule has 0 unspecified atom stereocenters. The van der Waals surface area contributed by atoms with Gasteiger partial charge < -0.3 is 55.2 Å². The number of aryl methyl sites for hydroxylation is 1. The van der Waals surface area contributed by atoms with Crippen molar-refractivity contribution in [3.8, 4) is 52.0 Å². The summed E-state index contributed by atoms with van der Waals surface area (Å²) in [6.07, 6.45) is 13.4. The Morgan fingerprint density at radius 2 is 1.30 bits per heavy atom. The Morgan fingerprint density at radius 3 is 1.84 bits per heavy atom. The van der Waals surface area contributed by atoms with Crippen LogP contribution in [0.3, 0.4) is 0 Å². The second kappa shape index (κ2) is 20.0. The SMILES string of the molecule is COc1cccc(COc2ccc3nc4ccc(=O)cc-4oc3c2)c1.O=c1ccc2nc3ccc(OCc4cn(CCF)nn4)cc3oc-2c1.[C-]#CC#[C-].[CH3-].[W]. The minimum Gasteiger partial charge on any atom is -0.500 e. The molecule has 0 amide bonds. The van der Waals surface area contributed by atoms with Crippen molar-refractivity contribution in [1.82, 2.24) is 25.0 Å². The molecular weight excluding hydrogens is 889 g/mol. The van der Waals surface area contributed by atoms with Gasteiger partial charge >= 0.3 is 0 Å². The zero-order valence-electron chi connectivity index (χ0n) is 30.0. The number of hydrogen-bond acceptors (Lipinski definition) is 11. The van der Waals surface area contributed by atoms with Crippen molar-refractivity contribution in [2.24, 2.45) is 0 Å². The summed E-state index contributed by atoms with van der Waals surface area (Å²) in [7, 11) is 1.63. The Hall–Kier alpha value is -6.82. The van der Waals surface area contributed by atoms with Crippen LogP contribution in [-0.2, 0) is 40.8 Å². The Bertz CT molecular complexity index is 2670. The third kappa shape index (κ3) is 10.9. The van der Waals surface area contributed by atoms with Crippen LogP contribution < -0.4 is 25.1 Å². The van der Waals surface area contributed by atoms with Crippen molar-refractivity contribution >= 4 is 22.2 Å². The summed E-state index contributed by atoms with van der Waals surface area (Å²) in [6.45, 7) is 0.280. The number of aromatic nitrogens is 5. The predicted octanol–water partition coefficient (Wildman–Crippen LogP) is 6.93. The molecule has 1 aromatic heterocycles. The van der Waals surface area contributed by atoms with E-state index in [1.165, 1.54) is 28.9 Å². The van der Waals surface area contributed by atoms with Crippen LogP contribution in [-0.4, -0.2) is 38.7 Å². The molecule has 3 heterocycles. The molecule has 0 atom stereocenters. The zero-order valence-corrected chi connectivity index (χ0v) is 33.0. The molecule has 0 radical (unpaired) electrons. The number of ether oxygens (including phenoxy) is 3. The molecule has 4 aliphatic rings. The molecular formula is C42H31FN5O7W-3. The Morgan fingerprint density at radius 1 is 0.732 bits per heavy atom. The van der Waals surface area contributed by atoms with Gasteiger partial charge in [0, 0.05) is 45.3 Å². The molecule has 0 spiro atoms. The van der Waals surface area contributed by atoms with Crippen molar-refractivity contribution in [1.29, 1.82) is 0 Å². The number of methoxy groups -OCH3 is 1. The van der Waals surface area contributed by atoms with Gasteiger partial charge in [-0.25, -0.2) is 19.0 Å². The quantitative estimate of drug-likeness (QED) is 0.0845. The Kier molecular flexibility index (Phi) is 15.0. The van der Waals surface area contributed by atoms with Gasteiger partial charge in [-0.05, 0) is 66.2 Å². The van der Waals surface area contributed by atoms with Crippen LogP contribution in [0.1, 0.15) is 11.3 Å². The van der Waals surface area contributed by atoms with Crippen molar-refractivity contribution in [3.05, 3.63) is 155 Å². The first-order valence-corrected chi connectivity index (χ1v) is 16.2. The Balaban J connectivity index is 0.000000220. The number of rotatable bonds is 9. The van der Waals surface area contributed by atoms with Gasteiger partial charge in [0.1, 0.15) is 65.3 Å². The number of halogens is 1. The largest absolute Gasteiger partial charge is 0.500 e. The first kappa shape index (κ1) is 41.9. The molecule has 12 nitrogen and oxygen atoms in total. The van der Waals surface area contributed by atoms with Gasteiger partial charge in [0.05, 0.1) is 19.9 Å². The van der Waals surface area contributed by atoms with E-state index in [0.29, 0.717) is 68.9 Å². The van der Waals surface area contributed by atoms with E-state index in [4.69, 9.17) is 35.9 Å². The molecule has 2 aliphatic heterocycles. The van der Waals surface area contributed by atoms with Gasteiger partial charge in [-0.3, -0.25) is 9.59 Å². The average molecular weight is 921 g/mol. The van der Waals surface area contributed by atoms with Gasteiger partial charge in [-0.2, -0.15) is 0 Å². The van der Waals surface area contributed by atoms with E-state index >= 15 is 0 Å². The molecule has 0 saturated heterocycles. The van der Waals surface area contributed by atoms with Crippen LogP contribution in [0.2, 0.25) is 0 Å². The van der Waals surface area contributed by atoms with E-state index in [1.807, 2.05) is 36.4 Å². The summed E-state index contributed by atoms with van der Waals surface area (Å²) in [6, 6.07) is 27.5. The normalized spacial score (nSPS) is 10.1. The molecule has 282 valence electrons. The smallest absolute Gasteiger partial charge is 0.182 e. The molecule has 2 aliphatic carbocycles. The van der Waals surface area contributed by atoms with E-state index in [9.17, 15) is 14.0 Å². The zero-order chi connectivity index (χ0) is 37.9. The molecule has 4 aromatic rings. The van der Waals surface area contributed by atoms with Gasteiger partial charge in [-0.15, -0.1) is 5.10 Å². The summed E-state index contributed by atoms with van der Waals surface area (Å²) in [5, 5.41) is 7.71. The summed E-state index contributed by atoms with van der Waals surface area (Å²) in [5.41, 5.74) is 5.07. The second-order valence-electron chi connectivity index (χ2n) is 11.3. The molecule has 0 fully saturated rings. The number of benzene rings is 5. The number of nitrogens with zero attached hydrogens (tertiary/aromatic N) is 5. The van der Waals surface area contributed by atoms with Gasteiger partial charge in [0.15, 0.2) is 33.5 Å². The average Bonchev–Trinajstić information content (AvgIpc) is 3.65. The topological polar surface area (TPSA) is 145 Å². The summed E-state index contributed by atoms with van der Waals surface area (Å²) >= 11 is 0. The first-order chi connectivity index (χ1) is 26.3. The monoisotopic (exact) mass is 920 g/mol. The maximum Gasteiger partial charge on any atom is 0.182 e. The van der Waals surface area contributed by atoms with E-state index in [1.54, 1.807) is 61.5 Å². The van der Waals surface area contributed by atoms with Crippen LogP contribution in [0.25, 0.3) is 45.1 Å². The fourth-order valence-electron chi connectivity index (χ4n) is 5.04. The fraction of sp³-hybridized carbons (Fsp3) is 0.119. The third-order valence-electron chi connectivity index (χ3n) is 7.54. The standard InChI is InChI=1S/C20H15NO4.C17H13FN4O3.C4.CH3.W/c1-23-15-4-2-3-13(9-15)12-24-16-6-8-18-20(11-16)25-19-10-14(22)5-7-17(19)21-18;18-5-6-22-9-11(20-21-22)10-24-13-2-4-15-17(8-13)25-16-7-12(23)1-3-14(16)19-15;1-3-4-2;;/h2-11H,12H2,1H3;1-4,7-9H,5-6,10H2;;1H3;/q;;-2;-1;. The van der Waals surface area contributed by atoms with Crippen molar-refractivity contribution in [2.75, 3.05) is 13.8 Å². The van der Waals surface area contributed by atoms with Gasteiger partial charge in [0.25, 0.3) is 0 Å². The Labute approximate surface area is 335 Å². The van der Waals surface area contributed by atoms with E-state index in [-0.39, 0.29) is 52.5 Å². The molecule has 0 bridgehead atoms. The number of alkyl halides is 1. The molecule has 56 heavy (non-hydrogen) atoms. The van der Waals surface area contributed by atoms with Crippen LogP contribution >= 0.6 is 0 Å². The molecule has 3 aromatic carbocycles. The predicted molar refractivity (Wildman–Crippen MR) is 202 cm³/mol. The molecule has 8 rings (SSSR count). The maximum atomic E-state index is 12.3. The number of fused-ring (bicyclic) bond motifs is 4. The molecule has 0 saturated carbocycles. The minimum absolute atomic E-state index is 0. The van der Waals surface area contributed by atoms with Crippen molar-refractivity contribution in [2.45, 2.75) is 19.8 Å². The van der Waals surface area contributed by atoms with Crippen LogP contribution in [0.4, 0.5) is 4.39 Å². The molecule has 14 heteroatoms. The second-order valence-corrected chi connectivity index (χ2v) is 11.3. The third-order valence-corrected chi connectivity index (χ3v) is 7.54. The van der Waals surface area contributed by atoms with Crippen molar-refractivity contribution < 1.29 is 48.5 Å². The summed E-state index contributed by atoms with van der Waals surface area (Å²) in [5.74, 6) is 6.10. The van der Waals surface area contributed by atoms with Crippen molar-refractivity contribution in [3.63, 3.8) is 0 Å². The summed E-state index contributed by atoms with van der Waals surface area (Å²) < 4.78 is 41.9. The van der Waals surface area contributed by atoms with E-state index < -0.39 is 6.67 Å². The van der Waals surface area contributed by atoms with Gasteiger partial charge in [-0.1, -0.05) is 17.3 Å². The van der Waals surface area contributed by atoms with Gasteiger partial charge in [0.2, 0.25) is 0 Å². The summed E-state index contributed by atoms with van der Waals surface area (Å²) in [4.78, 5) is 31.9. The first-order valence-electron chi connectivity index (χ1n) is 16.2. The maximum absolute atomic E-state index is 12.3. The van der Waals surface area contributed by atoms with Crippen LogP contribution in [0.15, 0.2) is 122 Å². The molecule has 0 N–H and O–H groups in total. The minimum atomic E-state index is -0.498. The fourth-order valence-corrected chi connectivity index (χ4v) is 5.04. The van der Waals surface area contributed by atoms with E-state index in [2.05, 4.69) is 20.3 Å². The van der Waals surface area contributed by atoms with Crippen LogP contribution in [0, 0.1) is 32.1 Å². The van der Waals surface area contributed by atoms with Crippen LogP contribution in [0.5, 0.6) is 17.2 Å². The number of hydrogen-bond donors (Lipinski definition) is 0.